The summed E-state index contributed by atoms with van der Waals surface area (Å²) in [6, 6.07) is 7.79. The van der Waals surface area contributed by atoms with Crippen LogP contribution in [0.1, 0.15) is 24.3 Å². The molecule has 2 aromatic heterocycles. The van der Waals surface area contributed by atoms with Gasteiger partial charge < -0.3 is 10.6 Å². The summed E-state index contributed by atoms with van der Waals surface area (Å²) in [6.45, 7) is 1.74. The van der Waals surface area contributed by atoms with Crippen molar-refractivity contribution < 1.29 is 0 Å². The Morgan fingerprint density at radius 1 is 1.15 bits per heavy atom. The van der Waals surface area contributed by atoms with Crippen LogP contribution in [0.4, 0.5) is 11.5 Å². The van der Waals surface area contributed by atoms with Crippen LogP contribution in [-0.2, 0) is 13.6 Å². The molecule has 1 aliphatic heterocycles. The highest BCUT2D eigenvalue weighted by molar-refractivity contribution is 7.18. The minimum Gasteiger partial charge on any atom is -0.383 e. The van der Waals surface area contributed by atoms with Gasteiger partial charge in [0.25, 0.3) is 5.56 Å². The number of hydrogen-bond acceptors (Lipinski definition) is 6. The maximum Gasteiger partial charge on any atom is 0.332 e. The molecule has 0 unspecified atom stereocenters. The molecule has 0 spiro atoms. The summed E-state index contributed by atoms with van der Waals surface area (Å²) in [6.07, 6.45) is 3.21. The van der Waals surface area contributed by atoms with Crippen molar-refractivity contribution in [1.29, 1.82) is 0 Å². The highest BCUT2D eigenvalue weighted by Gasteiger charge is 2.22. The first-order valence-corrected chi connectivity index (χ1v) is 9.56. The number of thiazole rings is 1. The SMILES string of the molecule is Cn1c(N)c(N2CCCCC2)c(=O)n(Cc2nc3ccccc3s2)c1=O. The zero-order chi connectivity index (χ0) is 18.3. The monoisotopic (exact) mass is 371 g/mol. The van der Waals surface area contributed by atoms with E-state index in [2.05, 4.69) is 4.98 Å². The van der Waals surface area contributed by atoms with Crippen molar-refractivity contribution in [3.63, 3.8) is 0 Å². The van der Waals surface area contributed by atoms with Gasteiger partial charge in [0.1, 0.15) is 16.5 Å². The van der Waals surface area contributed by atoms with Gasteiger partial charge >= 0.3 is 5.69 Å². The van der Waals surface area contributed by atoms with Crippen LogP contribution >= 0.6 is 11.3 Å². The van der Waals surface area contributed by atoms with Gasteiger partial charge in [-0.15, -0.1) is 11.3 Å². The van der Waals surface area contributed by atoms with E-state index in [0.29, 0.717) is 5.69 Å². The summed E-state index contributed by atoms with van der Waals surface area (Å²) >= 11 is 1.50. The Balaban J connectivity index is 1.81. The normalized spacial score (nSPS) is 14.9. The molecule has 1 saturated heterocycles. The van der Waals surface area contributed by atoms with Crippen LogP contribution in [0, 0.1) is 0 Å². The van der Waals surface area contributed by atoms with E-state index in [0.717, 1.165) is 47.6 Å². The first kappa shape index (κ1) is 16.8. The highest BCUT2D eigenvalue weighted by Crippen LogP contribution is 2.23. The molecule has 0 radical (unpaired) electrons. The Kier molecular flexibility index (Phi) is 4.28. The number of nitrogen functional groups attached to an aromatic ring is 1. The van der Waals surface area contributed by atoms with Crippen LogP contribution in [-0.4, -0.2) is 27.2 Å². The van der Waals surface area contributed by atoms with Crippen molar-refractivity contribution >= 4 is 33.1 Å². The Morgan fingerprint density at radius 2 is 1.88 bits per heavy atom. The first-order chi connectivity index (χ1) is 12.6. The van der Waals surface area contributed by atoms with Crippen molar-refractivity contribution in [3.05, 3.63) is 50.1 Å². The molecule has 3 heterocycles. The molecule has 0 amide bonds. The van der Waals surface area contributed by atoms with Crippen LogP contribution in [0.3, 0.4) is 0 Å². The Hall–Kier alpha value is -2.61. The van der Waals surface area contributed by atoms with E-state index in [4.69, 9.17) is 5.73 Å². The summed E-state index contributed by atoms with van der Waals surface area (Å²) in [5.41, 5.74) is 6.71. The molecule has 1 aliphatic rings. The topological polar surface area (TPSA) is 86.2 Å². The predicted molar refractivity (Wildman–Crippen MR) is 105 cm³/mol. The van der Waals surface area contributed by atoms with Crippen LogP contribution in [0.25, 0.3) is 10.2 Å². The number of fused-ring (bicyclic) bond motifs is 1. The van der Waals surface area contributed by atoms with Gasteiger partial charge in [-0.1, -0.05) is 12.1 Å². The second-order valence-electron chi connectivity index (χ2n) is 6.59. The molecule has 7 nitrogen and oxygen atoms in total. The number of nitrogens with zero attached hydrogens (tertiary/aromatic N) is 4. The summed E-state index contributed by atoms with van der Waals surface area (Å²) in [7, 11) is 1.61. The van der Waals surface area contributed by atoms with Gasteiger partial charge in [-0.05, 0) is 31.4 Å². The van der Waals surface area contributed by atoms with Gasteiger partial charge in [0.05, 0.1) is 16.8 Å². The molecule has 3 aromatic rings. The van der Waals surface area contributed by atoms with E-state index >= 15 is 0 Å². The number of anilines is 2. The van der Waals surface area contributed by atoms with Crippen LogP contribution in [0.5, 0.6) is 0 Å². The lowest BCUT2D eigenvalue weighted by atomic mass is 10.1. The Bertz CT molecular complexity index is 1040. The molecule has 0 saturated carbocycles. The lowest BCUT2D eigenvalue weighted by Crippen LogP contribution is -2.45. The quantitative estimate of drug-likeness (QED) is 0.758. The minimum atomic E-state index is -0.410. The molecule has 0 aliphatic carbocycles. The summed E-state index contributed by atoms with van der Waals surface area (Å²) < 4.78 is 3.65. The third kappa shape index (κ3) is 2.80. The summed E-state index contributed by atoms with van der Waals surface area (Å²) in [5.74, 6) is 0.238. The van der Waals surface area contributed by atoms with Gasteiger partial charge in [-0.25, -0.2) is 9.78 Å². The lowest BCUT2D eigenvalue weighted by Gasteiger charge is -2.29. The Morgan fingerprint density at radius 3 is 2.62 bits per heavy atom. The number of para-hydroxylation sites is 1. The lowest BCUT2D eigenvalue weighted by molar-refractivity contribution is 0.565. The van der Waals surface area contributed by atoms with E-state index in [1.54, 1.807) is 7.05 Å². The van der Waals surface area contributed by atoms with Gasteiger partial charge in [0.15, 0.2) is 0 Å². The number of aromatic nitrogens is 3. The molecule has 1 fully saturated rings. The molecular formula is C18H21N5O2S. The van der Waals surface area contributed by atoms with Crippen molar-refractivity contribution in [3.8, 4) is 0 Å². The van der Waals surface area contributed by atoms with Gasteiger partial charge in [0, 0.05) is 20.1 Å². The average Bonchev–Trinajstić information content (AvgIpc) is 3.07. The molecule has 4 rings (SSSR count). The van der Waals surface area contributed by atoms with Crippen molar-refractivity contribution in [2.45, 2.75) is 25.8 Å². The molecule has 136 valence electrons. The number of benzene rings is 1. The Labute approximate surface area is 154 Å². The molecule has 26 heavy (non-hydrogen) atoms. The smallest absolute Gasteiger partial charge is 0.332 e. The summed E-state index contributed by atoms with van der Waals surface area (Å²) in [4.78, 5) is 32.3. The van der Waals surface area contributed by atoms with Gasteiger partial charge in [-0.3, -0.25) is 13.9 Å². The minimum absolute atomic E-state index is 0.159. The molecule has 1 aromatic carbocycles. The van der Waals surface area contributed by atoms with E-state index in [1.807, 2.05) is 29.2 Å². The number of rotatable bonds is 3. The maximum absolute atomic E-state index is 13.1. The molecule has 2 N–H and O–H groups in total. The third-order valence-corrected chi connectivity index (χ3v) is 5.89. The zero-order valence-electron chi connectivity index (χ0n) is 14.6. The molecular weight excluding hydrogens is 350 g/mol. The van der Waals surface area contributed by atoms with Crippen molar-refractivity contribution in [1.82, 2.24) is 14.1 Å². The second kappa shape index (κ2) is 6.60. The van der Waals surface area contributed by atoms with Crippen LogP contribution in [0.15, 0.2) is 33.9 Å². The van der Waals surface area contributed by atoms with Crippen LogP contribution < -0.4 is 21.9 Å². The fourth-order valence-corrected chi connectivity index (χ4v) is 4.40. The molecule has 0 bridgehead atoms. The highest BCUT2D eigenvalue weighted by atomic mass is 32.1. The maximum atomic E-state index is 13.1. The van der Waals surface area contributed by atoms with Gasteiger partial charge in [0.2, 0.25) is 0 Å². The van der Waals surface area contributed by atoms with Gasteiger partial charge in [-0.2, -0.15) is 0 Å². The third-order valence-electron chi connectivity index (χ3n) is 4.87. The number of hydrogen-bond donors (Lipinski definition) is 1. The molecule has 8 heteroatoms. The average molecular weight is 371 g/mol. The zero-order valence-corrected chi connectivity index (χ0v) is 15.5. The van der Waals surface area contributed by atoms with E-state index in [-0.39, 0.29) is 17.9 Å². The van der Waals surface area contributed by atoms with E-state index in [1.165, 1.54) is 20.5 Å². The van der Waals surface area contributed by atoms with Crippen molar-refractivity contribution in [2.24, 2.45) is 7.05 Å². The predicted octanol–water partition coefficient (Wildman–Crippen LogP) is 1.78. The number of piperidine rings is 1. The fourth-order valence-electron chi connectivity index (χ4n) is 3.44. The number of nitrogens with two attached hydrogens (primary N) is 1. The molecule has 0 atom stereocenters. The largest absolute Gasteiger partial charge is 0.383 e. The van der Waals surface area contributed by atoms with E-state index < -0.39 is 5.69 Å². The summed E-state index contributed by atoms with van der Waals surface area (Å²) in [5, 5.41) is 0.736. The fraction of sp³-hybridized carbons (Fsp3) is 0.389. The van der Waals surface area contributed by atoms with Crippen LogP contribution in [0.2, 0.25) is 0 Å². The standard InChI is InChI=1S/C18H21N5O2S/c1-21-16(19)15(22-9-5-2-6-10-22)17(24)23(18(21)25)11-14-20-12-7-3-4-8-13(12)26-14/h3-4,7-8H,2,5-6,9-11,19H2,1H3. The second-order valence-corrected chi connectivity index (χ2v) is 7.70. The van der Waals surface area contributed by atoms with Crippen molar-refractivity contribution in [2.75, 3.05) is 23.7 Å². The first-order valence-electron chi connectivity index (χ1n) is 8.75. The van der Waals surface area contributed by atoms with E-state index in [9.17, 15) is 9.59 Å².